The van der Waals surface area contributed by atoms with Crippen LogP contribution >= 0.6 is 0 Å². The van der Waals surface area contributed by atoms with Gasteiger partial charge in [0.1, 0.15) is 5.60 Å². The van der Waals surface area contributed by atoms with E-state index >= 15 is 0 Å². The SMILES string of the molecule is COCCCn1cc(CN(C(=O)[C@@H]2C[C@H](C(=O)NCCC(C)C)CN(C(=O)OC(C)(C)C)C2)C2CC2)c2ccccc21. The minimum absolute atomic E-state index is 0.0157. The molecule has 2 atom stereocenters. The molecule has 2 fully saturated rings. The summed E-state index contributed by atoms with van der Waals surface area (Å²) < 4.78 is 13.2. The molecular formula is C33H50N4O5. The number of likely N-dealkylation sites (tertiary alicyclic amines) is 1. The van der Waals surface area contributed by atoms with Crippen LogP contribution in [0.5, 0.6) is 0 Å². The first-order chi connectivity index (χ1) is 20.0. The number of amides is 3. The smallest absolute Gasteiger partial charge is 0.410 e. The predicted octanol–water partition coefficient (Wildman–Crippen LogP) is 5.20. The van der Waals surface area contributed by atoms with Gasteiger partial charge < -0.3 is 29.2 Å². The summed E-state index contributed by atoms with van der Waals surface area (Å²) in [6, 6.07) is 8.51. The fraction of sp³-hybridized carbons (Fsp3) is 0.667. The van der Waals surface area contributed by atoms with Gasteiger partial charge in [0.25, 0.3) is 0 Å². The number of aryl methyl sites for hydroxylation is 1. The average molecular weight is 583 g/mol. The number of methoxy groups -OCH3 is 1. The van der Waals surface area contributed by atoms with Crippen LogP contribution in [0.4, 0.5) is 4.79 Å². The van der Waals surface area contributed by atoms with Gasteiger partial charge in [-0.15, -0.1) is 0 Å². The fourth-order valence-electron chi connectivity index (χ4n) is 5.78. The number of hydrogen-bond acceptors (Lipinski definition) is 5. The maximum Gasteiger partial charge on any atom is 0.410 e. The van der Waals surface area contributed by atoms with Gasteiger partial charge in [-0.25, -0.2) is 4.79 Å². The molecular weight excluding hydrogens is 532 g/mol. The van der Waals surface area contributed by atoms with Crippen LogP contribution in [0.25, 0.3) is 10.9 Å². The Balaban J connectivity index is 1.55. The summed E-state index contributed by atoms with van der Waals surface area (Å²) in [4.78, 5) is 44.2. The van der Waals surface area contributed by atoms with Crippen LogP contribution in [-0.2, 0) is 32.2 Å². The Morgan fingerprint density at radius 2 is 1.81 bits per heavy atom. The van der Waals surface area contributed by atoms with Gasteiger partial charge in [-0.05, 0) is 70.4 Å². The van der Waals surface area contributed by atoms with Crippen molar-refractivity contribution in [3.05, 3.63) is 36.0 Å². The number of nitrogens with one attached hydrogen (secondary N) is 1. The maximum absolute atomic E-state index is 14.3. The number of carbonyl (C=O) groups is 3. The highest BCUT2D eigenvalue weighted by Gasteiger charge is 2.43. The molecule has 0 unspecified atom stereocenters. The number of piperidine rings is 1. The molecule has 1 aliphatic heterocycles. The van der Waals surface area contributed by atoms with Gasteiger partial charge in [0.05, 0.1) is 11.8 Å². The Hall–Kier alpha value is -3.07. The summed E-state index contributed by atoms with van der Waals surface area (Å²) in [5, 5.41) is 4.19. The number of aromatic nitrogens is 1. The summed E-state index contributed by atoms with van der Waals surface area (Å²) in [6.45, 7) is 12.9. The quantitative estimate of drug-likeness (QED) is 0.347. The zero-order valence-corrected chi connectivity index (χ0v) is 26.4. The van der Waals surface area contributed by atoms with E-state index in [9.17, 15) is 14.4 Å². The van der Waals surface area contributed by atoms with Crippen molar-refractivity contribution in [3.63, 3.8) is 0 Å². The van der Waals surface area contributed by atoms with Crippen LogP contribution in [0.3, 0.4) is 0 Å². The third-order valence-corrected chi connectivity index (χ3v) is 8.07. The van der Waals surface area contributed by atoms with Crippen LogP contribution in [0.1, 0.15) is 72.3 Å². The Bertz CT molecular complexity index is 1230. The van der Waals surface area contributed by atoms with E-state index in [0.717, 1.165) is 48.7 Å². The average Bonchev–Trinajstić information content (AvgIpc) is 3.72. The van der Waals surface area contributed by atoms with Gasteiger partial charge >= 0.3 is 6.09 Å². The minimum atomic E-state index is -0.666. The van der Waals surface area contributed by atoms with Crippen molar-refractivity contribution in [1.82, 2.24) is 19.7 Å². The minimum Gasteiger partial charge on any atom is -0.444 e. The Morgan fingerprint density at radius 3 is 2.48 bits per heavy atom. The van der Waals surface area contributed by atoms with Crippen LogP contribution in [0.15, 0.2) is 30.5 Å². The number of hydrogen-bond donors (Lipinski definition) is 1. The Kier molecular flexibility index (Phi) is 10.6. The number of benzene rings is 1. The van der Waals surface area contributed by atoms with Crippen LogP contribution in [0.2, 0.25) is 0 Å². The molecule has 2 heterocycles. The highest BCUT2D eigenvalue weighted by molar-refractivity contribution is 5.87. The molecule has 1 saturated heterocycles. The number of ether oxygens (including phenoxy) is 2. The second-order valence-electron chi connectivity index (χ2n) is 13.4. The standard InChI is InChI=1S/C33H50N4O5/c1-23(2)14-15-34-30(38)24-18-25(20-36(19-24)32(40)42-33(3,4)5)31(39)37(27-12-13-27)22-26-21-35(16-9-17-41-6)29-11-8-7-10-28(26)29/h7-8,10-11,21,23-25,27H,9,12-20,22H2,1-6H3,(H,34,38)/t24-,25+/m0/s1. The molecule has 232 valence electrons. The molecule has 2 aromatic rings. The van der Waals surface area contributed by atoms with E-state index < -0.39 is 23.5 Å². The summed E-state index contributed by atoms with van der Waals surface area (Å²) in [5.41, 5.74) is 1.60. The number of carbonyl (C=O) groups excluding carboxylic acids is 3. The maximum atomic E-state index is 14.3. The molecule has 1 aromatic heterocycles. The lowest BCUT2D eigenvalue weighted by molar-refractivity contribution is -0.140. The monoisotopic (exact) mass is 582 g/mol. The third kappa shape index (κ3) is 8.49. The molecule has 1 saturated carbocycles. The zero-order valence-electron chi connectivity index (χ0n) is 26.4. The van der Waals surface area contributed by atoms with E-state index in [2.05, 4.69) is 42.1 Å². The van der Waals surface area contributed by atoms with Crippen molar-refractivity contribution in [3.8, 4) is 0 Å². The Labute approximate surface area is 250 Å². The van der Waals surface area contributed by atoms with Gasteiger partial charge in [-0.2, -0.15) is 0 Å². The lowest BCUT2D eigenvalue weighted by Gasteiger charge is -2.39. The van der Waals surface area contributed by atoms with Gasteiger partial charge in [-0.3, -0.25) is 9.59 Å². The van der Waals surface area contributed by atoms with E-state index in [1.54, 1.807) is 12.0 Å². The van der Waals surface area contributed by atoms with Crippen molar-refractivity contribution >= 4 is 28.8 Å². The van der Waals surface area contributed by atoms with E-state index in [4.69, 9.17) is 9.47 Å². The molecule has 4 rings (SSSR count). The van der Waals surface area contributed by atoms with Gasteiger partial charge in [0.2, 0.25) is 11.8 Å². The first-order valence-corrected chi connectivity index (χ1v) is 15.6. The van der Waals surface area contributed by atoms with E-state index in [1.165, 1.54) is 0 Å². The van der Waals surface area contributed by atoms with Crippen molar-refractivity contribution in [2.45, 2.75) is 91.5 Å². The van der Waals surface area contributed by atoms with Crippen molar-refractivity contribution in [1.29, 1.82) is 0 Å². The van der Waals surface area contributed by atoms with Crippen LogP contribution < -0.4 is 5.32 Å². The molecule has 0 bridgehead atoms. The van der Waals surface area contributed by atoms with Crippen LogP contribution in [0, 0.1) is 17.8 Å². The normalized spacial score (nSPS) is 19.3. The van der Waals surface area contributed by atoms with Gasteiger partial charge in [0, 0.05) is 69.6 Å². The number of para-hydroxylation sites is 1. The van der Waals surface area contributed by atoms with Crippen molar-refractivity contribution in [2.75, 3.05) is 33.4 Å². The molecule has 9 heteroatoms. The van der Waals surface area contributed by atoms with E-state index in [1.807, 2.05) is 37.8 Å². The topological polar surface area (TPSA) is 93.1 Å². The summed E-state index contributed by atoms with van der Waals surface area (Å²) in [7, 11) is 1.72. The first-order valence-electron chi connectivity index (χ1n) is 15.6. The highest BCUT2D eigenvalue weighted by atomic mass is 16.6. The third-order valence-electron chi connectivity index (χ3n) is 8.07. The molecule has 3 amide bonds. The predicted molar refractivity (Wildman–Crippen MR) is 164 cm³/mol. The molecule has 42 heavy (non-hydrogen) atoms. The van der Waals surface area contributed by atoms with Crippen molar-refractivity contribution in [2.24, 2.45) is 17.8 Å². The number of nitrogens with zero attached hydrogens (tertiary/aromatic N) is 3. The van der Waals surface area contributed by atoms with Gasteiger partial charge in [-0.1, -0.05) is 32.0 Å². The highest BCUT2D eigenvalue weighted by Crippen LogP contribution is 2.34. The molecule has 9 nitrogen and oxygen atoms in total. The van der Waals surface area contributed by atoms with E-state index in [0.29, 0.717) is 32.0 Å². The summed E-state index contributed by atoms with van der Waals surface area (Å²) >= 11 is 0. The molecule has 1 aromatic carbocycles. The number of fused-ring (bicyclic) bond motifs is 1. The van der Waals surface area contributed by atoms with Gasteiger partial charge in [0.15, 0.2) is 0 Å². The second-order valence-corrected chi connectivity index (χ2v) is 13.4. The summed E-state index contributed by atoms with van der Waals surface area (Å²) in [6.07, 6.45) is 5.85. The lowest BCUT2D eigenvalue weighted by atomic mass is 9.87. The summed E-state index contributed by atoms with van der Waals surface area (Å²) in [5.74, 6) is -0.540. The molecule has 1 aliphatic carbocycles. The fourth-order valence-corrected chi connectivity index (χ4v) is 5.78. The number of rotatable bonds is 12. The van der Waals surface area contributed by atoms with Crippen molar-refractivity contribution < 1.29 is 23.9 Å². The van der Waals surface area contributed by atoms with Crippen LogP contribution in [-0.4, -0.2) is 77.3 Å². The zero-order chi connectivity index (χ0) is 30.4. The second kappa shape index (κ2) is 13.9. The Morgan fingerprint density at radius 1 is 1.10 bits per heavy atom. The molecule has 0 radical (unpaired) electrons. The molecule has 1 N–H and O–H groups in total. The van der Waals surface area contributed by atoms with E-state index in [-0.39, 0.29) is 30.9 Å². The molecule has 2 aliphatic rings. The largest absolute Gasteiger partial charge is 0.444 e. The lowest BCUT2D eigenvalue weighted by Crippen LogP contribution is -2.53. The molecule has 0 spiro atoms. The first kappa shape index (κ1) is 31.9.